The number of carbonyl (C=O) groups excluding carboxylic acids is 1. The summed E-state index contributed by atoms with van der Waals surface area (Å²) >= 11 is 0. The molecule has 0 aliphatic carbocycles. The Morgan fingerprint density at radius 2 is 1.67 bits per heavy atom. The van der Waals surface area contributed by atoms with E-state index in [2.05, 4.69) is 4.74 Å². The van der Waals surface area contributed by atoms with E-state index in [1.165, 1.54) is 6.92 Å². The first-order chi connectivity index (χ1) is 2.77. The lowest BCUT2D eigenvalue weighted by Crippen LogP contribution is -1.95. The van der Waals surface area contributed by atoms with Crippen molar-refractivity contribution < 1.29 is 23.6 Å². The van der Waals surface area contributed by atoms with Crippen LogP contribution in [0.4, 0.5) is 14.1 Å². The zero-order valence-corrected chi connectivity index (χ0v) is 5.25. The van der Waals surface area contributed by atoms with Crippen molar-refractivity contribution >= 4 is 5.97 Å². The molecule has 0 aliphatic rings. The lowest BCUT2D eigenvalue weighted by molar-refractivity contribution is -0.140. The summed E-state index contributed by atoms with van der Waals surface area (Å²) < 4.78 is 4.40. The highest BCUT2D eigenvalue weighted by atomic mass is 19.0. The Morgan fingerprint density at radius 1 is 1.33 bits per heavy atom. The summed E-state index contributed by atoms with van der Waals surface area (Å²) in [6.07, 6.45) is 0. The van der Waals surface area contributed by atoms with E-state index in [4.69, 9.17) is 0 Å². The molecule has 0 saturated heterocycles. The van der Waals surface area contributed by atoms with Gasteiger partial charge in [0.1, 0.15) is 0 Å². The number of halogens is 3. The molecule has 0 bridgehead atoms. The molecule has 0 aromatic rings. The molecule has 2 nitrogen and oxygen atoms in total. The summed E-state index contributed by atoms with van der Waals surface area (Å²) in [5.41, 5.74) is 0. The number of esters is 1. The van der Waals surface area contributed by atoms with Crippen molar-refractivity contribution in [2.24, 2.45) is 0 Å². The summed E-state index contributed by atoms with van der Waals surface area (Å²) in [7, 11) is 0. The van der Waals surface area contributed by atoms with E-state index >= 15 is 0 Å². The van der Waals surface area contributed by atoms with Crippen LogP contribution in [-0.2, 0) is 9.53 Å². The smallest absolute Gasteiger partial charge is 0.302 e. The molecule has 0 unspecified atom stereocenters. The van der Waals surface area contributed by atoms with E-state index in [-0.39, 0.29) is 20.1 Å². The molecule has 0 fully saturated rings. The molecular formula is C4H11F3O2. The van der Waals surface area contributed by atoms with Gasteiger partial charge in [0.25, 0.3) is 0 Å². The van der Waals surface area contributed by atoms with E-state index < -0.39 is 0 Å². The van der Waals surface area contributed by atoms with Crippen LogP contribution < -0.4 is 0 Å². The Kier molecular flexibility index (Phi) is 41.8. The zero-order valence-electron chi connectivity index (χ0n) is 5.25. The van der Waals surface area contributed by atoms with Gasteiger partial charge >= 0.3 is 5.97 Å². The van der Waals surface area contributed by atoms with Gasteiger partial charge in [-0.05, 0) is 6.92 Å². The van der Waals surface area contributed by atoms with Gasteiger partial charge in [0.05, 0.1) is 6.61 Å². The fourth-order valence-corrected chi connectivity index (χ4v) is 0.203. The van der Waals surface area contributed by atoms with E-state index in [9.17, 15) is 4.79 Å². The van der Waals surface area contributed by atoms with Gasteiger partial charge in [0, 0.05) is 6.92 Å². The first kappa shape index (κ1) is 24.0. The van der Waals surface area contributed by atoms with Crippen LogP contribution in [0.25, 0.3) is 0 Å². The molecule has 0 aromatic carbocycles. The molecule has 0 aliphatic heterocycles. The largest absolute Gasteiger partial charge is 0.466 e. The van der Waals surface area contributed by atoms with Gasteiger partial charge < -0.3 is 4.74 Å². The van der Waals surface area contributed by atoms with Crippen molar-refractivity contribution in [1.82, 2.24) is 0 Å². The van der Waals surface area contributed by atoms with Crippen molar-refractivity contribution in [1.29, 1.82) is 0 Å². The quantitative estimate of drug-likeness (QED) is 0.519. The molecular weight excluding hydrogens is 137 g/mol. The van der Waals surface area contributed by atoms with Crippen LogP contribution in [-0.4, -0.2) is 12.6 Å². The number of hydrogen-bond donors (Lipinski definition) is 0. The predicted molar refractivity (Wildman–Crippen MR) is 29.8 cm³/mol. The second kappa shape index (κ2) is 15.7. The molecule has 0 rings (SSSR count). The SMILES string of the molecule is CCOC(C)=O.F.F.F. The molecule has 0 amide bonds. The third-order valence-corrected chi connectivity index (χ3v) is 0.348. The lowest BCUT2D eigenvalue weighted by Gasteiger charge is -1.89. The molecule has 60 valence electrons. The summed E-state index contributed by atoms with van der Waals surface area (Å²) in [6.45, 7) is 3.65. The van der Waals surface area contributed by atoms with Crippen LogP contribution in [0, 0.1) is 0 Å². The first-order valence-electron chi connectivity index (χ1n) is 1.90. The maximum Gasteiger partial charge on any atom is 0.302 e. The molecule has 0 aromatic heterocycles. The number of hydrogen-bond acceptors (Lipinski definition) is 2. The third-order valence-electron chi connectivity index (χ3n) is 0.348. The molecule has 0 heterocycles. The fourth-order valence-electron chi connectivity index (χ4n) is 0.203. The summed E-state index contributed by atoms with van der Waals surface area (Å²) in [5, 5.41) is 0. The molecule has 0 N–H and O–H groups in total. The predicted octanol–water partition coefficient (Wildman–Crippen LogP) is 1.03. The average molecular weight is 148 g/mol. The molecule has 0 atom stereocenters. The van der Waals surface area contributed by atoms with Gasteiger partial charge in [-0.2, -0.15) is 0 Å². The summed E-state index contributed by atoms with van der Waals surface area (Å²) in [4.78, 5) is 9.82. The molecule has 9 heavy (non-hydrogen) atoms. The summed E-state index contributed by atoms with van der Waals surface area (Å²) in [5.74, 6) is -0.211. The molecule has 0 saturated carbocycles. The minimum absolute atomic E-state index is 0. The van der Waals surface area contributed by atoms with Crippen LogP contribution in [0.3, 0.4) is 0 Å². The van der Waals surface area contributed by atoms with Crippen molar-refractivity contribution in [2.75, 3.05) is 6.61 Å². The Labute approximate surface area is 51.3 Å². The maximum atomic E-state index is 9.82. The van der Waals surface area contributed by atoms with Gasteiger partial charge in [-0.25, -0.2) is 0 Å². The van der Waals surface area contributed by atoms with Crippen LogP contribution in [0.2, 0.25) is 0 Å². The van der Waals surface area contributed by atoms with Crippen LogP contribution >= 0.6 is 0 Å². The van der Waals surface area contributed by atoms with Crippen LogP contribution in [0.1, 0.15) is 13.8 Å². The Hall–Kier alpha value is -0.740. The van der Waals surface area contributed by atoms with Gasteiger partial charge in [-0.1, -0.05) is 0 Å². The highest BCUT2D eigenvalue weighted by molar-refractivity contribution is 5.65. The number of carbonyl (C=O) groups is 1. The van der Waals surface area contributed by atoms with Crippen LogP contribution in [0.5, 0.6) is 0 Å². The molecule has 0 spiro atoms. The van der Waals surface area contributed by atoms with Gasteiger partial charge in [0.15, 0.2) is 0 Å². The monoisotopic (exact) mass is 148 g/mol. The topological polar surface area (TPSA) is 26.3 Å². The Balaban J connectivity index is -0.0000000417. The first-order valence-corrected chi connectivity index (χ1v) is 1.90. The summed E-state index contributed by atoms with van der Waals surface area (Å²) in [6, 6.07) is 0. The van der Waals surface area contributed by atoms with E-state index in [1.807, 2.05) is 0 Å². The Bertz CT molecular complexity index is 57.8. The van der Waals surface area contributed by atoms with E-state index in [0.29, 0.717) is 6.61 Å². The second-order valence-electron chi connectivity index (χ2n) is 0.925. The third kappa shape index (κ3) is 39.3. The highest BCUT2D eigenvalue weighted by Crippen LogP contribution is 1.69. The van der Waals surface area contributed by atoms with Crippen molar-refractivity contribution in [3.8, 4) is 0 Å². The van der Waals surface area contributed by atoms with Gasteiger partial charge in [-0.3, -0.25) is 18.9 Å². The van der Waals surface area contributed by atoms with Crippen molar-refractivity contribution in [2.45, 2.75) is 13.8 Å². The Morgan fingerprint density at radius 3 is 1.67 bits per heavy atom. The lowest BCUT2D eigenvalue weighted by atomic mass is 10.8. The van der Waals surface area contributed by atoms with Gasteiger partial charge in [0.2, 0.25) is 0 Å². The average Bonchev–Trinajstić information content (AvgIpc) is 1.35. The second-order valence-corrected chi connectivity index (χ2v) is 0.925. The van der Waals surface area contributed by atoms with Crippen molar-refractivity contribution in [3.63, 3.8) is 0 Å². The highest BCUT2D eigenvalue weighted by Gasteiger charge is 1.81. The molecule has 5 heteroatoms. The van der Waals surface area contributed by atoms with E-state index in [1.54, 1.807) is 6.92 Å². The number of rotatable bonds is 1. The van der Waals surface area contributed by atoms with Crippen LogP contribution in [0.15, 0.2) is 0 Å². The standard InChI is InChI=1S/C4H8O2.3FH/c1-3-6-4(2)5;;;/h3H2,1-2H3;3*1H. The van der Waals surface area contributed by atoms with Crippen molar-refractivity contribution in [3.05, 3.63) is 0 Å². The van der Waals surface area contributed by atoms with E-state index in [0.717, 1.165) is 0 Å². The maximum absolute atomic E-state index is 9.82. The minimum Gasteiger partial charge on any atom is -0.466 e. The zero-order chi connectivity index (χ0) is 4.99. The van der Waals surface area contributed by atoms with Gasteiger partial charge in [-0.15, -0.1) is 0 Å². The fraction of sp³-hybridized carbons (Fsp3) is 0.750. The molecule has 0 radical (unpaired) electrons. The normalized spacial score (nSPS) is 5.11. The minimum atomic E-state index is -0.211. The number of ether oxygens (including phenoxy) is 1.